The van der Waals surface area contributed by atoms with Gasteiger partial charge in [0.2, 0.25) is 23.6 Å². The Hall–Kier alpha value is -8.26. The van der Waals surface area contributed by atoms with Gasteiger partial charge in [-0.15, -0.1) is 0 Å². The number of carbonyl (C=O) groups is 7. The fraction of sp³-hybridized carbons (Fsp3) is 0.595. The third-order valence-corrected chi connectivity index (χ3v) is 16.3. The van der Waals surface area contributed by atoms with Crippen molar-refractivity contribution in [1.29, 1.82) is 0 Å². The highest BCUT2D eigenvalue weighted by Crippen LogP contribution is 2.41. The molecule has 0 saturated carbocycles. The number of carbonyl (C=O) groups excluding carboxylic acids is 7. The second kappa shape index (κ2) is 45.8. The number of aliphatic imine (C=N–C) groups is 1. The van der Waals surface area contributed by atoms with Crippen LogP contribution in [0.15, 0.2) is 77.1 Å². The van der Waals surface area contributed by atoms with E-state index in [-0.39, 0.29) is 85.9 Å². The molecule has 4 atom stereocenters. The summed E-state index contributed by atoms with van der Waals surface area (Å²) in [5.74, 6) is -0.710. The third kappa shape index (κ3) is 28.7. The first-order chi connectivity index (χ1) is 49.7. The van der Waals surface area contributed by atoms with Crippen molar-refractivity contribution in [3.05, 3.63) is 88.8 Å². The van der Waals surface area contributed by atoms with Gasteiger partial charge < -0.3 is 97.8 Å². The van der Waals surface area contributed by atoms with E-state index in [1.807, 2.05) is 40.8 Å². The first-order valence-corrected chi connectivity index (χ1v) is 35.5. The van der Waals surface area contributed by atoms with Crippen LogP contribution in [0, 0.1) is 11.8 Å². The molecule has 6 rings (SSSR count). The Balaban J connectivity index is 0.841. The number of β-amino-alcohol motifs (C(OH)–C–C–N with tert-alkyl or cyclic N) is 1. The summed E-state index contributed by atoms with van der Waals surface area (Å²) >= 11 is 0. The number of benzene rings is 3. The van der Waals surface area contributed by atoms with Crippen LogP contribution in [0.3, 0.4) is 0 Å². The van der Waals surface area contributed by atoms with Crippen molar-refractivity contribution < 1.29 is 100 Å². The molecule has 29 heteroatoms. The van der Waals surface area contributed by atoms with Crippen molar-refractivity contribution in [2.75, 3.05) is 156 Å². The van der Waals surface area contributed by atoms with Gasteiger partial charge in [-0.25, -0.2) is 9.69 Å². The molecule has 0 aromatic heterocycles. The lowest BCUT2D eigenvalue weighted by molar-refractivity contribution is -0.132. The number of hydrogen-bond acceptors (Lipinski definition) is 22. The number of methoxy groups -OCH3 is 2. The Labute approximate surface area is 604 Å². The van der Waals surface area contributed by atoms with Crippen LogP contribution in [0.25, 0.3) is 0 Å². The monoisotopic (exact) mass is 1440 g/mol. The number of ether oxygens (including phenoxy) is 13. The average Bonchev–Trinajstić information content (AvgIpc) is 1.71. The van der Waals surface area contributed by atoms with Crippen LogP contribution in [0.2, 0.25) is 0 Å². The number of hydrogen-bond donors (Lipinski definition) is 5. The molecule has 7 amide bonds. The summed E-state index contributed by atoms with van der Waals surface area (Å²) in [6.45, 7) is 21.5. The fourth-order valence-electron chi connectivity index (χ4n) is 10.6. The summed E-state index contributed by atoms with van der Waals surface area (Å²) in [5, 5.41) is 22.8. The molecule has 0 spiro atoms. The highest BCUT2D eigenvalue weighted by atomic mass is 16.6. The minimum absolute atomic E-state index is 0.00496. The molecule has 5 N–H and O–H groups in total. The molecule has 103 heavy (non-hydrogen) atoms. The van der Waals surface area contributed by atoms with Crippen LogP contribution in [-0.2, 0) is 68.4 Å². The zero-order valence-electron chi connectivity index (χ0n) is 61.5. The van der Waals surface area contributed by atoms with Crippen LogP contribution in [0.1, 0.15) is 127 Å². The first-order valence-electron chi connectivity index (χ1n) is 35.5. The highest BCUT2D eigenvalue weighted by Gasteiger charge is 2.38. The maximum absolute atomic E-state index is 14.2. The summed E-state index contributed by atoms with van der Waals surface area (Å²) < 4.78 is 73.6. The summed E-state index contributed by atoms with van der Waals surface area (Å²) in [7, 11) is 2.96. The van der Waals surface area contributed by atoms with Crippen LogP contribution in [-0.4, -0.2) is 233 Å². The minimum Gasteiger partial charge on any atom is -0.493 e. The zero-order chi connectivity index (χ0) is 74.5. The quantitative estimate of drug-likeness (QED) is 0.0338. The predicted octanol–water partition coefficient (Wildman–Crippen LogP) is 7.67. The zero-order valence-corrected chi connectivity index (χ0v) is 61.5. The second-order valence-electron chi connectivity index (χ2n) is 25.5. The van der Waals surface area contributed by atoms with Crippen LogP contribution < -0.4 is 45.1 Å². The molecule has 0 aliphatic carbocycles. The SMILES string of the molecule is CC/C(C)=C\N1C[C@H](O)N(C(=O)OCc2ccc(NC(=O)[C@H](C)NC(=O)[C@@H](NC(=O)CCOCCOCCOCCOCCOCCOCCOCCOCCNC(=O)CC(C)C)C(C)C)cc2)c2cc(OCCCCCOc3cc4c(cc3OC)C(=O)N3C=C(C)C[C@H]3C=N4)c(OC)cc2C1=O. The van der Waals surface area contributed by atoms with E-state index in [4.69, 9.17) is 61.6 Å². The molecule has 3 aromatic rings. The lowest BCUT2D eigenvalue weighted by Crippen LogP contribution is -2.53. The molecular weight excluding hydrogens is 1340 g/mol. The van der Waals surface area contributed by atoms with Gasteiger partial charge in [-0.2, -0.15) is 0 Å². The van der Waals surface area contributed by atoms with E-state index in [2.05, 4.69) is 26.3 Å². The molecule has 0 radical (unpaired) electrons. The highest BCUT2D eigenvalue weighted by molar-refractivity contribution is 6.06. The molecule has 3 aliphatic rings. The van der Waals surface area contributed by atoms with Gasteiger partial charge in [-0.3, -0.25) is 33.8 Å². The summed E-state index contributed by atoms with van der Waals surface area (Å²) in [5.41, 5.74) is 3.92. The smallest absolute Gasteiger partial charge is 0.416 e. The summed E-state index contributed by atoms with van der Waals surface area (Å²) in [6.07, 6.45) is 6.58. The first kappa shape index (κ1) is 83.7. The predicted molar refractivity (Wildman–Crippen MR) is 384 cm³/mol. The van der Waals surface area contributed by atoms with Gasteiger partial charge in [0.05, 0.1) is 168 Å². The van der Waals surface area contributed by atoms with Gasteiger partial charge in [0.25, 0.3) is 11.8 Å². The number of unbranched alkanes of at least 4 members (excludes halogenated alkanes) is 2. The van der Waals surface area contributed by atoms with Gasteiger partial charge in [0.1, 0.15) is 18.7 Å². The van der Waals surface area contributed by atoms with Crippen LogP contribution >= 0.6 is 0 Å². The lowest BCUT2D eigenvalue weighted by atomic mass is 10.0. The second-order valence-corrected chi connectivity index (χ2v) is 25.5. The number of rotatable bonds is 49. The normalized spacial score (nSPS) is 15.6. The van der Waals surface area contributed by atoms with E-state index in [9.17, 15) is 38.7 Å². The van der Waals surface area contributed by atoms with E-state index >= 15 is 0 Å². The summed E-state index contributed by atoms with van der Waals surface area (Å²) in [6, 6.07) is 10.8. The van der Waals surface area contributed by atoms with E-state index in [0.717, 1.165) is 22.5 Å². The molecular formula is C74H108N8O21. The largest absolute Gasteiger partial charge is 0.493 e. The molecule has 0 unspecified atom stereocenters. The van der Waals surface area contributed by atoms with Gasteiger partial charge in [-0.1, -0.05) is 57.9 Å². The maximum Gasteiger partial charge on any atom is 0.416 e. The van der Waals surface area contributed by atoms with Crippen LogP contribution in [0.5, 0.6) is 23.0 Å². The number of anilines is 2. The van der Waals surface area contributed by atoms with Crippen molar-refractivity contribution in [1.82, 2.24) is 25.8 Å². The van der Waals surface area contributed by atoms with Crippen molar-refractivity contribution in [2.45, 2.75) is 131 Å². The molecule has 0 saturated heterocycles. The standard InChI is InChI=1S/C74H108N8O21/c1-11-52(6)46-80-48-68(85)82(61-44-65(63(92-10)42-59(61)72(80)88)102-22-14-12-13-21-101-64-43-60-58(41-62(64)91-9)73(89)81-47-53(7)40-57(81)45-76-60)74(90)103-49-55-15-17-56(18-16-55)78-70(86)54(8)77-71(87)69(51(4)5)79-66(83)19-23-93-25-27-95-29-31-97-33-35-99-37-38-100-36-34-98-32-30-96-28-26-94-24-20-75-67(84)39-50(2)3/h15-18,41-47,50-51,54,57,68-69,85H,11-14,19-40,48-49H2,1-10H3,(H,75,84)(H,77,87)(H,78,86)(H,79,83)/b52-46-/t54-,57-,68-,69-/m0/s1. The Kier molecular flexibility index (Phi) is 37.2. The minimum atomic E-state index is -1.55. The molecule has 3 aliphatic heterocycles. The van der Waals surface area contributed by atoms with Gasteiger partial charge >= 0.3 is 6.09 Å². The van der Waals surface area contributed by atoms with Crippen molar-refractivity contribution >= 4 is 64.8 Å². The number of aliphatic hydroxyl groups is 1. The van der Waals surface area contributed by atoms with Crippen LogP contribution in [0.4, 0.5) is 21.9 Å². The number of nitrogens with zero attached hydrogens (tertiary/aromatic N) is 4. The van der Waals surface area contributed by atoms with E-state index in [0.29, 0.717) is 178 Å². The molecule has 29 nitrogen and oxygen atoms in total. The number of aliphatic hydroxyl groups excluding tert-OH is 1. The Bertz CT molecular complexity index is 3270. The van der Waals surface area contributed by atoms with Gasteiger partial charge in [0.15, 0.2) is 29.2 Å². The Morgan fingerprint density at radius 2 is 1.18 bits per heavy atom. The molecule has 570 valence electrons. The average molecular weight is 1450 g/mol. The molecule has 3 heterocycles. The van der Waals surface area contributed by atoms with E-state index in [1.54, 1.807) is 67.6 Å². The third-order valence-electron chi connectivity index (χ3n) is 16.3. The number of nitrogens with one attached hydrogen (secondary N) is 4. The lowest BCUT2D eigenvalue weighted by Gasteiger charge is -2.27. The molecule has 3 aromatic carbocycles. The number of amides is 7. The Morgan fingerprint density at radius 3 is 1.73 bits per heavy atom. The maximum atomic E-state index is 14.2. The van der Waals surface area contributed by atoms with Gasteiger partial charge in [0, 0.05) is 55.8 Å². The van der Waals surface area contributed by atoms with Gasteiger partial charge in [-0.05, 0) is 94.5 Å². The number of allylic oxidation sites excluding steroid dienone is 1. The number of fused-ring (bicyclic) bond motifs is 3. The van der Waals surface area contributed by atoms with E-state index in [1.165, 1.54) is 38.2 Å². The van der Waals surface area contributed by atoms with Crippen molar-refractivity contribution in [2.24, 2.45) is 16.8 Å². The van der Waals surface area contributed by atoms with Crippen molar-refractivity contribution in [3.63, 3.8) is 0 Å². The molecule has 0 bridgehead atoms. The fourth-order valence-corrected chi connectivity index (χ4v) is 10.6. The molecule has 0 fully saturated rings. The topological polar surface area (TPSA) is 330 Å². The van der Waals surface area contributed by atoms with Crippen molar-refractivity contribution in [3.8, 4) is 23.0 Å². The summed E-state index contributed by atoms with van der Waals surface area (Å²) in [4.78, 5) is 102. The Morgan fingerprint density at radius 1 is 0.641 bits per heavy atom. The van der Waals surface area contributed by atoms with E-state index < -0.39 is 48.0 Å².